The summed E-state index contributed by atoms with van der Waals surface area (Å²) in [6, 6.07) is 7.38. The van der Waals surface area contributed by atoms with Gasteiger partial charge < -0.3 is 9.30 Å². The summed E-state index contributed by atoms with van der Waals surface area (Å²) >= 11 is 0. The third-order valence-corrected chi connectivity index (χ3v) is 3.14. The summed E-state index contributed by atoms with van der Waals surface area (Å²) in [5.74, 6) is 0.884. The fourth-order valence-electron chi connectivity index (χ4n) is 2.12. The normalized spacial score (nSPS) is 10.9. The second kappa shape index (κ2) is 6.43. The van der Waals surface area contributed by atoms with Gasteiger partial charge in [0, 0.05) is 18.8 Å². The number of ether oxygens (including phenoxy) is 1. The second-order valence-corrected chi connectivity index (χ2v) is 5.32. The molecule has 0 spiro atoms. The van der Waals surface area contributed by atoms with E-state index in [-0.39, 0.29) is 17.4 Å². The standard InChI is InChI=1S/C16H20N2O3/c1-11(2)21-14-5-4-13(10-12(14)3)6-8-18-9-7-15(19)17-16(18)20/h4-5,7,9-11H,6,8H2,1-3H3,(H,17,19,20). The Morgan fingerprint density at radius 3 is 2.62 bits per heavy atom. The SMILES string of the molecule is Cc1cc(CCn2ccc(=O)[nH]c2=O)ccc1OC(C)C. The summed E-state index contributed by atoms with van der Waals surface area (Å²) in [4.78, 5) is 24.8. The number of hydrogen-bond donors (Lipinski definition) is 1. The number of nitrogens with one attached hydrogen (secondary N) is 1. The van der Waals surface area contributed by atoms with Gasteiger partial charge in [-0.1, -0.05) is 12.1 Å². The van der Waals surface area contributed by atoms with Crippen LogP contribution in [0.15, 0.2) is 40.1 Å². The largest absolute Gasteiger partial charge is 0.491 e. The van der Waals surface area contributed by atoms with Gasteiger partial charge >= 0.3 is 5.69 Å². The minimum absolute atomic E-state index is 0.147. The average molecular weight is 288 g/mol. The number of benzene rings is 1. The van der Waals surface area contributed by atoms with Gasteiger partial charge in [-0.3, -0.25) is 9.78 Å². The molecule has 0 aliphatic rings. The van der Waals surface area contributed by atoms with Gasteiger partial charge in [0.05, 0.1) is 6.10 Å². The maximum Gasteiger partial charge on any atom is 0.328 e. The topological polar surface area (TPSA) is 64.1 Å². The maximum atomic E-state index is 11.6. The molecule has 5 heteroatoms. The highest BCUT2D eigenvalue weighted by Crippen LogP contribution is 2.20. The molecule has 1 N–H and O–H groups in total. The van der Waals surface area contributed by atoms with Crippen molar-refractivity contribution >= 4 is 0 Å². The number of aromatic nitrogens is 2. The molecule has 112 valence electrons. The van der Waals surface area contributed by atoms with Crippen LogP contribution in [-0.2, 0) is 13.0 Å². The zero-order valence-electron chi connectivity index (χ0n) is 12.6. The third kappa shape index (κ3) is 4.08. The summed E-state index contributed by atoms with van der Waals surface area (Å²) < 4.78 is 7.20. The van der Waals surface area contributed by atoms with Crippen molar-refractivity contribution in [3.8, 4) is 5.75 Å². The first kappa shape index (κ1) is 15.1. The van der Waals surface area contributed by atoms with E-state index < -0.39 is 0 Å². The van der Waals surface area contributed by atoms with Gasteiger partial charge in [-0.15, -0.1) is 0 Å². The Labute approximate surface area is 123 Å². The van der Waals surface area contributed by atoms with Crippen LogP contribution in [0.25, 0.3) is 0 Å². The molecule has 2 rings (SSSR count). The van der Waals surface area contributed by atoms with Gasteiger partial charge in [-0.2, -0.15) is 0 Å². The van der Waals surface area contributed by atoms with E-state index in [1.165, 1.54) is 16.8 Å². The van der Waals surface area contributed by atoms with E-state index in [1.807, 2.05) is 32.9 Å². The first-order chi connectivity index (χ1) is 9.95. The lowest BCUT2D eigenvalue weighted by Gasteiger charge is -2.13. The molecule has 0 atom stereocenters. The van der Waals surface area contributed by atoms with Crippen LogP contribution in [0, 0.1) is 6.92 Å². The van der Waals surface area contributed by atoms with Crippen LogP contribution in [0.2, 0.25) is 0 Å². The van der Waals surface area contributed by atoms with Gasteiger partial charge in [0.15, 0.2) is 0 Å². The van der Waals surface area contributed by atoms with E-state index in [4.69, 9.17) is 4.74 Å². The number of rotatable bonds is 5. The van der Waals surface area contributed by atoms with Crippen molar-refractivity contribution < 1.29 is 4.74 Å². The van der Waals surface area contributed by atoms with Crippen molar-refractivity contribution in [2.45, 2.75) is 39.8 Å². The van der Waals surface area contributed by atoms with E-state index in [0.717, 1.165) is 23.3 Å². The predicted molar refractivity (Wildman–Crippen MR) is 82.0 cm³/mol. The van der Waals surface area contributed by atoms with E-state index in [2.05, 4.69) is 11.1 Å². The molecule has 2 aromatic rings. The minimum atomic E-state index is -0.376. The van der Waals surface area contributed by atoms with Gasteiger partial charge in [0.25, 0.3) is 5.56 Å². The molecule has 1 aromatic carbocycles. The Bertz CT molecular complexity index is 729. The van der Waals surface area contributed by atoms with Gasteiger partial charge in [-0.05, 0) is 44.4 Å². The van der Waals surface area contributed by atoms with Gasteiger partial charge in [0.2, 0.25) is 0 Å². The zero-order valence-corrected chi connectivity index (χ0v) is 12.6. The Balaban J connectivity index is 2.08. The first-order valence-corrected chi connectivity index (χ1v) is 7.01. The van der Waals surface area contributed by atoms with E-state index in [9.17, 15) is 9.59 Å². The van der Waals surface area contributed by atoms with Crippen LogP contribution in [-0.4, -0.2) is 15.7 Å². The van der Waals surface area contributed by atoms with Crippen LogP contribution in [0.1, 0.15) is 25.0 Å². The molecule has 21 heavy (non-hydrogen) atoms. The number of hydrogen-bond acceptors (Lipinski definition) is 3. The molecule has 0 amide bonds. The molecule has 0 fully saturated rings. The smallest absolute Gasteiger partial charge is 0.328 e. The van der Waals surface area contributed by atoms with Crippen molar-refractivity contribution in [1.29, 1.82) is 0 Å². The lowest BCUT2D eigenvalue weighted by molar-refractivity contribution is 0.240. The summed E-state index contributed by atoms with van der Waals surface area (Å²) in [7, 11) is 0. The number of nitrogens with zero attached hydrogens (tertiary/aromatic N) is 1. The molecule has 0 aliphatic carbocycles. The Morgan fingerprint density at radius 2 is 2.00 bits per heavy atom. The third-order valence-electron chi connectivity index (χ3n) is 3.14. The van der Waals surface area contributed by atoms with Gasteiger partial charge in [-0.25, -0.2) is 4.79 Å². The molecule has 0 aliphatic heterocycles. The number of H-pyrrole nitrogens is 1. The molecule has 0 unspecified atom stereocenters. The molecule has 1 aromatic heterocycles. The first-order valence-electron chi connectivity index (χ1n) is 7.01. The van der Waals surface area contributed by atoms with Crippen LogP contribution in [0.5, 0.6) is 5.75 Å². The van der Waals surface area contributed by atoms with Crippen LogP contribution < -0.4 is 16.0 Å². The van der Waals surface area contributed by atoms with Crippen molar-refractivity contribution in [2.24, 2.45) is 0 Å². The Morgan fingerprint density at radius 1 is 1.24 bits per heavy atom. The monoisotopic (exact) mass is 288 g/mol. The number of aromatic amines is 1. The molecular formula is C16H20N2O3. The summed E-state index contributed by atoms with van der Waals surface area (Å²) in [5.41, 5.74) is 1.46. The van der Waals surface area contributed by atoms with E-state index >= 15 is 0 Å². The highest BCUT2D eigenvalue weighted by molar-refractivity contribution is 5.36. The molecule has 0 saturated carbocycles. The minimum Gasteiger partial charge on any atom is -0.491 e. The predicted octanol–water partition coefficient (Wildman–Crippen LogP) is 1.87. The highest BCUT2D eigenvalue weighted by atomic mass is 16.5. The molecule has 0 saturated heterocycles. The molecule has 1 heterocycles. The molecular weight excluding hydrogens is 268 g/mol. The maximum absolute atomic E-state index is 11.6. The van der Waals surface area contributed by atoms with Crippen LogP contribution in [0.3, 0.4) is 0 Å². The fourth-order valence-corrected chi connectivity index (χ4v) is 2.12. The Kier molecular flexibility index (Phi) is 4.62. The molecule has 5 nitrogen and oxygen atoms in total. The summed E-state index contributed by atoms with van der Waals surface area (Å²) in [6.45, 7) is 6.53. The van der Waals surface area contributed by atoms with Crippen LogP contribution >= 0.6 is 0 Å². The van der Waals surface area contributed by atoms with E-state index in [0.29, 0.717) is 6.54 Å². The van der Waals surface area contributed by atoms with Crippen molar-refractivity contribution in [3.63, 3.8) is 0 Å². The lowest BCUT2D eigenvalue weighted by Crippen LogP contribution is -2.29. The van der Waals surface area contributed by atoms with Crippen molar-refractivity contribution in [2.75, 3.05) is 0 Å². The molecule has 0 bridgehead atoms. The summed E-state index contributed by atoms with van der Waals surface area (Å²) in [6.07, 6.45) is 2.38. The highest BCUT2D eigenvalue weighted by Gasteiger charge is 2.04. The second-order valence-electron chi connectivity index (χ2n) is 5.32. The van der Waals surface area contributed by atoms with Crippen LogP contribution in [0.4, 0.5) is 0 Å². The molecule has 0 radical (unpaired) electrons. The fraction of sp³-hybridized carbons (Fsp3) is 0.375. The van der Waals surface area contributed by atoms with Gasteiger partial charge in [0.1, 0.15) is 5.75 Å². The lowest BCUT2D eigenvalue weighted by atomic mass is 10.1. The Hall–Kier alpha value is -2.30. The zero-order chi connectivity index (χ0) is 15.4. The summed E-state index contributed by atoms with van der Waals surface area (Å²) in [5, 5.41) is 0. The average Bonchev–Trinajstić information content (AvgIpc) is 2.40. The quantitative estimate of drug-likeness (QED) is 0.913. The van der Waals surface area contributed by atoms with E-state index in [1.54, 1.807) is 0 Å². The number of aryl methyl sites for hydroxylation is 3. The van der Waals surface area contributed by atoms with Crippen molar-refractivity contribution in [3.05, 3.63) is 62.4 Å². The van der Waals surface area contributed by atoms with Crippen molar-refractivity contribution in [1.82, 2.24) is 9.55 Å².